The number of ether oxygens (including phenoxy) is 2. The van der Waals surface area contributed by atoms with Gasteiger partial charge in [-0.2, -0.15) is 8.42 Å². The molecule has 2 aliphatic rings. The van der Waals surface area contributed by atoms with Crippen molar-refractivity contribution < 1.29 is 26.9 Å². The van der Waals surface area contributed by atoms with Gasteiger partial charge in [-0.05, 0) is 6.92 Å². The van der Waals surface area contributed by atoms with E-state index in [1.165, 1.54) is 0 Å². The standard InChI is InChI=1S/C9H15NO6S/c1-9(14-3-4-15-9)7-6(10-8(7)11)5-16-17(2,12)13/h6-7H,3-5H2,1-2H3,(H,10,11). The summed E-state index contributed by atoms with van der Waals surface area (Å²) in [5.74, 6) is -1.73. The summed E-state index contributed by atoms with van der Waals surface area (Å²) in [4.78, 5) is 11.5. The third-order valence-electron chi connectivity index (χ3n) is 2.90. The van der Waals surface area contributed by atoms with Crippen LogP contribution in [0.15, 0.2) is 0 Å². The Hall–Kier alpha value is -0.700. The molecule has 2 saturated heterocycles. The van der Waals surface area contributed by atoms with E-state index < -0.39 is 27.9 Å². The number of β-lactam (4-membered cyclic amide) rings is 1. The zero-order chi connectivity index (χ0) is 12.7. The molecule has 0 bridgehead atoms. The largest absolute Gasteiger partial charge is 0.349 e. The highest BCUT2D eigenvalue weighted by molar-refractivity contribution is 7.85. The molecule has 2 heterocycles. The van der Waals surface area contributed by atoms with E-state index in [9.17, 15) is 13.2 Å². The Morgan fingerprint density at radius 2 is 2.06 bits per heavy atom. The zero-order valence-corrected chi connectivity index (χ0v) is 10.5. The van der Waals surface area contributed by atoms with Crippen LogP contribution in [0.5, 0.6) is 0 Å². The summed E-state index contributed by atoms with van der Waals surface area (Å²) in [5, 5.41) is 2.58. The van der Waals surface area contributed by atoms with Gasteiger partial charge >= 0.3 is 0 Å². The van der Waals surface area contributed by atoms with Gasteiger partial charge in [0.15, 0.2) is 5.79 Å². The Morgan fingerprint density at radius 3 is 2.53 bits per heavy atom. The van der Waals surface area contributed by atoms with Crippen LogP contribution in [0.1, 0.15) is 6.92 Å². The Labute approximate surface area is 99.5 Å². The first kappa shape index (κ1) is 12.7. The minimum Gasteiger partial charge on any atom is -0.349 e. The summed E-state index contributed by atoms with van der Waals surface area (Å²) < 4.78 is 37.2. The first-order valence-corrected chi connectivity index (χ1v) is 7.06. The van der Waals surface area contributed by atoms with E-state index in [0.29, 0.717) is 13.2 Å². The fourth-order valence-corrected chi connectivity index (χ4v) is 2.48. The molecule has 2 aliphatic heterocycles. The number of amides is 1. The molecule has 0 aromatic heterocycles. The lowest BCUT2D eigenvalue weighted by atomic mass is 9.84. The van der Waals surface area contributed by atoms with Crippen LogP contribution in [0.25, 0.3) is 0 Å². The molecule has 7 nitrogen and oxygen atoms in total. The van der Waals surface area contributed by atoms with Crippen molar-refractivity contribution in [1.82, 2.24) is 5.32 Å². The molecule has 1 amide bonds. The summed E-state index contributed by atoms with van der Waals surface area (Å²) >= 11 is 0. The number of carbonyl (C=O) groups excluding carboxylic acids is 1. The van der Waals surface area contributed by atoms with Gasteiger partial charge in [-0.3, -0.25) is 8.98 Å². The molecule has 2 atom stereocenters. The van der Waals surface area contributed by atoms with Crippen molar-refractivity contribution in [2.45, 2.75) is 18.8 Å². The Morgan fingerprint density at radius 1 is 1.47 bits per heavy atom. The normalized spacial score (nSPS) is 32.0. The average Bonchev–Trinajstić information content (AvgIpc) is 2.57. The van der Waals surface area contributed by atoms with Gasteiger partial charge in [0, 0.05) is 0 Å². The lowest BCUT2D eigenvalue weighted by Crippen LogP contribution is -2.68. The fraction of sp³-hybridized carbons (Fsp3) is 0.889. The number of hydrogen-bond donors (Lipinski definition) is 1. The van der Waals surface area contributed by atoms with Gasteiger partial charge in [0.25, 0.3) is 10.1 Å². The maximum Gasteiger partial charge on any atom is 0.264 e. The van der Waals surface area contributed by atoms with Gasteiger partial charge in [0.05, 0.1) is 32.1 Å². The first-order chi connectivity index (χ1) is 7.82. The van der Waals surface area contributed by atoms with Crippen LogP contribution in [0.2, 0.25) is 0 Å². The van der Waals surface area contributed by atoms with E-state index in [4.69, 9.17) is 9.47 Å². The van der Waals surface area contributed by atoms with Gasteiger partial charge in [-0.25, -0.2) is 0 Å². The lowest BCUT2D eigenvalue weighted by Gasteiger charge is -2.43. The fourth-order valence-electron chi connectivity index (χ4n) is 2.09. The third-order valence-corrected chi connectivity index (χ3v) is 3.46. The van der Waals surface area contributed by atoms with E-state index >= 15 is 0 Å². The Kier molecular flexibility index (Phi) is 3.15. The minimum absolute atomic E-state index is 0.0997. The molecular formula is C9H15NO6S. The Bertz CT molecular complexity index is 413. The number of rotatable bonds is 4. The van der Waals surface area contributed by atoms with Crippen LogP contribution < -0.4 is 5.32 Å². The van der Waals surface area contributed by atoms with Gasteiger partial charge in [0.1, 0.15) is 5.92 Å². The monoisotopic (exact) mass is 265 g/mol. The molecule has 98 valence electrons. The second-order valence-electron chi connectivity index (χ2n) is 4.29. The summed E-state index contributed by atoms with van der Waals surface area (Å²) in [6.45, 7) is 2.44. The molecule has 0 radical (unpaired) electrons. The number of hydrogen-bond acceptors (Lipinski definition) is 6. The van der Waals surface area contributed by atoms with Gasteiger partial charge in [-0.15, -0.1) is 0 Å². The zero-order valence-electron chi connectivity index (χ0n) is 9.63. The van der Waals surface area contributed by atoms with Crippen molar-refractivity contribution in [2.75, 3.05) is 26.1 Å². The van der Waals surface area contributed by atoms with Crippen LogP contribution in [-0.2, 0) is 28.6 Å². The van der Waals surface area contributed by atoms with E-state index in [2.05, 4.69) is 9.50 Å². The molecule has 0 aromatic rings. The van der Waals surface area contributed by atoms with Crippen LogP contribution in [0, 0.1) is 5.92 Å². The average molecular weight is 265 g/mol. The second kappa shape index (κ2) is 4.20. The molecular weight excluding hydrogens is 250 g/mol. The maximum atomic E-state index is 11.5. The summed E-state index contributed by atoms with van der Waals surface area (Å²) in [7, 11) is -3.51. The maximum absolute atomic E-state index is 11.5. The van der Waals surface area contributed by atoms with E-state index in [-0.39, 0.29) is 12.5 Å². The van der Waals surface area contributed by atoms with Crippen LogP contribution in [-0.4, -0.2) is 52.2 Å². The molecule has 0 spiro atoms. The number of carbonyl (C=O) groups is 1. The van der Waals surface area contributed by atoms with E-state index in [1.807, 2.05) is 0 Å². The van der Waals surface area contributed by atoms with Crippen LogP contribution in [0.4, 0.5) is 0 Å². The molecule has 2 fully saturated rings. The molecule has 8 heteroatoms. The molecule has 2 rings (SSSR count). The van der Waals surface area contributed by atoms with E-state index in [1.54, 1.807) is 6.92 Å². The van der Waals surface area contributed by atoms with Crippen LogP contribution in [0.3, 0.4) is 0 Å². The van der Waals surface area contributed by atoms with Crippen molar-refractivity contribution in [1.29, 1.82) is 0 Å². The van der Waals surface area contributed by atoms with Crippen molar-refractivity contribution in [2.24, 2.45) is 5.92 Å². The summed E-state index contributed by atoms with van der Waals surface area (Å²) in [6.07, 6.45) is 0.965. The van der Waals surface area contributed by atoms with Crippen molar-refractivity contribution in [3.63, 3.8) is 0 Å². The molecule has 1 N–H and O–H groups in total. The topological polar surface area (TPSA) is 90.9 Å². The van der Waals surface area contributed by atoms with Gasteiger partial charge in [-0.1, -0.05) is 0 Å². The highest BCUT2D eigenvalue weighted by atomic mass is 32.2. The highest BCUT2D eigenvalue weighted by Crippen LogP contribution is 2.35. The smallest absolute Gasteiger partial charge is 0.264 e. The molecule has 17 heavy (non-hydrogen) atoms. The van der Waals surface area contributed by atoms with Crippen molar-refractivity contribution >= 4 is 16.0 Å². The Balaban J connectivity index is 1.99. The predicted molar refractivity (Wildman–Crippen MR) is 56.5 cm³/mol. The van der Waals surface area contributed by atoms with Gasteiger partial charge in [0.2, 0.25) is 5.91 Å². The number of nitrogens with one attached hydrogen (secondary N) is 1. The van der Waals surface area contributed by atoms with E-state index in [0.717, 1.165) is 6.26 Å². The van der Waals surface area contributed by atoms with Crippen molar-refractivity contribution in [3.05, 3.63) is 0 Å². The van der Waals surface area contributed by atoms with Gasteiger partial charge < -0.3 is 14.8 Å². The quantitative estimate of drug-likeness (QED) is 0.509. The predicted octanol–water partition coefficient (Wildman–Crippen LogP) is -1.16. The lowest BCUT2D eigenvalue weighted by molar-refractivity contribution is -0.208. The molecule has 0 saturated carbocycles. The molecule has 0 aliphatic carbocycles. The first-order valence-electron chi connectivity index (χ1n) is 5.24. The molecule has 0 aromatic carbocycles. The molecule has 2 unspecified atom stereocenters. The second-order valence-corrected chi connectivity index (χ2v) is 5.94. The highest BCUT2D eigenvalue weighted by Gasteiger charge is 2.55. The SMILES string of the molecule is CC1(C2C(=O)NC2COS(C)(=O)=O)OCCO1. The third kappa shape index (κ3) is 2.59. The minimum atomic E-state index is -3.51. The summed E-state index contributed by atoms with van der Waals surface area (Å²) in [6, 6.07) is -0.402. The summed E-state index contributed by atoms with van der Waals surface area (Å²) in [5.41, 5.74) is 0. The van der Waals surface area contributed by atoms with Crippen molar-refractivity contribution in [3.8, 4) is 0 Å². The van der Waals surface area contributed by atoms with Crippen LogP contribution >= 0.6 is 0 Å².